The van der Waals surface area contributed by atoms with Crippen LogP contribution < -0.4 is 0 Å². The second-order valence-corrected chi connectivity index (χ2v) is 3.19. The highest BCUT2D eigenvalue weighted by molar-refractivity contribution is 6.68. The summed E-state index contributed by atoms with van der Waals surface area (Å²) in [5.74, 6) is 0. The van der Waals surface area contributed by atoms with Crippen LogP contribution in [-0.4, -0.2) is 10.2 Å². The van der Waals surface area contributed by atoms with Crippen molar-refractivity contribution in [2.75, 3.05) is 0 Å². The monoisotopic (exact) mass is 277 g/mol. The molecule has 1 aromatic heterocycles. The summed E-state index contributed by atoms with van der Waals surface area (Å²) in [6.07, 6.45) is -10.0. The lowest BCUT2D eigenvalue weighted by Crippen LogP contribution is -2.19. The Labute approximate surface area is 95.2 Å². The molecule has 0 fully saturated rings. The molecule has 0 aromatic carbocycles. The molecule has 0 aliphatic rings. The summed E-state index contributed by atoms with van der Waals surface area (Å²) in [6.45, 7) is 0. The molecule has 0 atom stereocenters. The first-order chi connectivity index (χ1) is 7.55. The lowest BCUT2D eigenvalue weighted by Gasteiger charge is -2.14. The maximum absolute atomic E-state index is 12.4. The maximum Gasteiger partial charge on any atom is 0.434 e. The second-order valence-electron chi connectivity index (χ2n) is 2.85. The molecule has 0 aliphatic carbocycles. The fraction of sp³-hybridized carbons (Fsp3) is 0.250. The van der Waals surface area contributed by atoms with Crippen LogP contribution in [0.1, 0.15) is 21.6 Å². The summed E-state index contributed by atoms with van der Waals surface area (Å²) in [5.41, 5.74) is -5.40. The quantitative estimate of drug-likeness (QED) is 0.581. The standard InChI is InChI=1S/C8H2ClF6NO/c9-6(17)4-3(7(10,11)12)1-2-16-5(4)8(13,14)15/h1-2H. The Kier molecular flexibility index (Phi) is 3.37. The highest BCUT2D eigenvalue weighted by atomic mass is 35.5. The lowest BCUT2D eigenvalue weighted by molar-refractivity contribution is -0.146. The number of nitrogens with zero attached hydrogens (tertiary/aromatic N) is 1. The van der Waals surface area contributed by atoms with Crippen molar-refractivity contribution in [3.8, 4) is 0 Å². The smallest absolute Gasteiger partial charge is 0.276 e. The van der Waals surface area contributed by atoms with Gasteiger partial charge in [-0.15, -0.1) is 0 Å². The van der Waals surface area contributed by atoms with Crippen LogP contribution in [0, 0.1) is 0 Å². The average Bonchev–Trinajstić information content (AvgIpc) is 2.13. The van der Waals surface area contributed by atoms with Gasteiger partial charge in [0.15, 0.2) is 5.69 Å². The largest absolute Gasteiger partial charge is 0.434 e. The highest BCUT2D eigenvalue weighted by Gasteiger charge is 2.43. The van der Waals surface area contributed by atoms with Crippen molar-refractivity contribution in [1.29, 1.82) is 0 Å². The molecule has 0 saturated heterocycles. The molecule has 1 rings (SSSR count). The summed E-state index contributed by atoms with van der Waals surface area (Å²) < 4.78 is 74.1. The van der Waals surface area contributed by atoms with Crippen LogP contribution in [-0.2, 0) is 12.4 Å². The van der Waals surface area contributed by atoms with Gasteiger partial charge in [-0.3, -0.25) is 9.78 Å². The fourth-order valence-corrected chi connectivity index (χ4v) is 1.30. The van der Waals surface area contributed by atoms with E-state index >= 15 is 0 Å². The first-order valence-corrected chi connectivity index (χ1v) is 4.26. The van der Waals surface area contributed by atoms with Crippen molar-refractivity contribution in [1.82, 2.24) is 4.98 Å². The first-order valence-electron chi connectivity index (χ1n) is 3.88. The number of hydrogen-bond acceptors (Lipinski definition) is 2. The molecule has 94 valence electrons. The van der Waals surface area contributed by atoms with Gasteiger partial charge in [-0.05, 0) is 17.7 Å². The Morgan fingerprint density at radius 3 is 2.00 bits per heavy atom. The van der Waals surface area contributed by atoms with Gasteiger partial charge in [0.2, 0.25) is 0 Å². The average molecular weight is 278 g/mol. The third-order valence-corrected chi connectivity index (χ3v) is 1.91. The molecule has 17 heavy (non-hydrogen) atoms. The molecule has 2 nitrogen and oxygen atoms in total. The number of alkyl halides is 6. The van der Waals surface area contributed by atoms with Crippen molar-refractivity contribution in [3.63, 3.8) is 0 Å². The summed E-state index contributed by atoms with van der Waals surface area (Å²) in [5, 5.41) is -1.86. The van der Waals surface area contributed by atoms with Crippen LogP contribution in [0.2, 0.25) is 0 Å². The summed E-state index contributed by atoms with van der Waals surface area (Å²) in [7, 11) is 0. The number of pyridine rings is 1. The van der Waals surface area contributed by atoms with Crippen LogP contribution in [0.3, 0.4) is 0 Å². The number of aromatic nitrogens is 1. The van der Waals surface area contributed by atoms with E-state index in [2.05, 4.69) is 4.98 Å². The minimum absolute atomic E-state index is 0.255. The van der Waals surface area contributed by atoms with Crippen LogP contribution in [0.25, 0.3) is 0 Å². The number of hydrogen-bond donors (Lipinski definition) is 0. The van der Waals surface area contributed by atoms with E-state index in [1.54, 1.807) is 0 Å². The second kappa shape index (κ2) is 4.17. The molecular weight excluding hydrogens is 276 g/mol. The maximum atomic E-state index is 12.4. The molecule has 0 saturated carbocycles. The van der Waals surface area contributed by atoms with Gasteiger partial charge in [0.25, 0.3) is 5.24 Å². The summed E-state index contributed by atoms with van der Waals surface area (Å²) >= 11 is 4.75. The molecule has 0 amide bonds. The molecule has 0 aliphatic heterocycles. The van der Waals surface area contributed by atoms with Crippen molar-refractivity contribution in [3.05, 3.63) is 29.1 Å². The Morgan fingerprint density at radius 1 is 1.12 bits per heavy atom. The van der Waals surface area contributed by atoms with Gasteiger partial charge in [-0.2, -0.15) is 26.3 Å². The lowest BCUT2D eigenvalue weighted by atomic mass is 10.1. The van der Waals surface area contributed by atoms with E-state index in [-0.39, 0.29) is 6.07 Å². The van der Waals surface area contributed by atoms with E-state index in [0.29, 0.717) is 6.20 Å². The van der Waals surface area contributed by atoms with Gasteiger partial charge in [0.05, 0.1) is 11.1 Å². The molecule has 0 unspecified atom stereocenters. The van der Waals surface area contributed by atoms with Crippen LogP contribution in [0.5, 0.6) is 0 Å². The molecule has 0 spiro atoms. The van der Waals surface area contributed by atoms with Crippen molar-refractivity contribution >= 4 is 16.8 Å². The van der Waals surface area contributed by atoms with Crippen LogP contribution in [0.15, 0.2) is 12.3 Å². The van der Waals surface area contributed by atoms with E-state index in [9.17, 15) is 31.1 Å². The molecular formula is C8H2ClF6NO. The molecule has 9 heteroatoms. The predicted octanol–water partition coefficient (Wildman–Crippen LogP) is 3.50. The van der Waals surface area contributed by atoms with E-state index in [4.69, 9.17) is 11.6 Å². The zero-order valence-corrected chi connectivity index (χ0v) is 8.41. The Morgan fingerprint density at radius 2 is 1.65 bits per heavy atom. The normalized spacial score (nSPS) is 12.6. The third-order valence-electron chi connectivity index (χ3n) is 1.72. The van der Waals surface area contributed by atoms with E-state index in [1.165, 1.54) is 0 Å². The van der Waals surface area contributed by atoms with Gasteiger partial charge >= 0.3 is 12.4 Å². The Balaban J connectivity index is 3.61. The molecule has 0 radical (unpaired) electrons. The number of halogens is 7. The van der Waals surface area contributed by atoms with Gasteiger partial charge < -0.3 is 0 Å². The van der Waals surface area contributed by atoms with Gasteiger partial charge in [-0.1, -0.05) is 0 Å². The van der Waals surface area contributed by atoms with E-state index in [1.807, 2.05) is 0 Å². The van der Waals surface area contributed by atoms with E-state index in [0.717, 1.165) is 0 Å². The molecule has 1 aromatic rings. The van der Waals surface area contributed by atoms with Crippen molar-refractivity contribution < 1.29 is 31.1 Å². The zero-order valence-electron chi connectivity index (χ0n) is 7.66. The summed E-state index contributed by atoms with van der Waals surface area (Å²) in [4.78, 5) is 13.4. The number of carbonyl (C=O) groups excluding carboxylic acids is 1. The minimum atomic E-state index is -5.19. The highest BCUT2D eigenvalue weighted by Crippen LogP contribution is 2.38. The zero-order chi connectivity index (χ0) is 13.4. The van der Waals surface area contributed by atoms with Crippen molar-refractivity contribution in [2.24, 2.45) is 0 Å². The Bertz CT molecular complexity index is 420. The van der Waals surface area contributed by atoms with Crippen LogP contribution >= 0.6 is 11.6 Å². The summed E-state index contributed by atoms with van der Waals surface area (Å²) in [6, 6.07) is 0.255. The molecule has 0 bridgehead atoms. The van der Waals surface area contributed by atoms with Gasteiger partial charge in [-0.25, -0.2) is 0 Å². The van der Waals surface area contributed by atoms with Crippen LogP contribution in [0.4, 0.5) is 26.3 Å². The minimum Gasteiger partial charge on any atom is -0.276 e. The predicted molar refractivity (Wildman–Crippen MR) is 44.4 cm³/mol. The number of rotatable bonds is 1. The Hall–Kier alpha value is -1.31. The first kappa shape index (κ1) is 13.8. The molecule has 0 N–H and O–H groups in total. The third kappa shape index (κ3) is 2.87. The number of carbonyl (C=O) groups is 1. The van der Waals surface area contributed by atoms with Crippen molar-refractivity contribution in [2.45, 2.75) is 12.4 Å². The topological polar surface area (TPSA) is 30.0 Å². The van der Waals surface area contributed by atoms with E-state index < -0.39 is 34.4 Å². The van der Waals surface area contributed by atoms with Gasteiger partial charge in [0.1, 0.15) is 0 Å². The molecule has 1 heterocycles. The SMILES string of the molecule is O=C(Cl)c1c(C(F)(F)F)ccnc1C(F)(F)F. The van der Waals surface area contributed by atoms with Gasteiger partial charge in [0, 0.05) is 6.20 Å². The fourth-order valence-electron chi connectivity index (χ4n) is 1.11.